The van der Waals surface area contributed by atoms with Gasteiger partial charge in [-0.15, -0.1) is 0 Å². The molecule has 0 aromatic heterocycles. The van der Waals surface area contributed by atoms with Crippen LogP contribution in [0.4, 0.5) is 0 Å². The Kier molecular flexibility index (Phi) is 4.06. The van der Waals surface area contributed by atoms with Crippen molar-refractivity contribution in [2.24, 2.45) is 5.11 Å². The summed E-state index contributed by atoms with van der Waals surface area (Å²) in [6.07, 6.45) is 0.868. The number of carbonyl (C=O) groups excluding carboxylic acids is 1. The number of carbonyl (C=O) groups is 2. The van der Waals surface area contributed by atoms with Crippen LogP contribution < -0.4 is 0 Å². The first-order valence-corrected chi connectivity index (χ1v) is 8.32. The predicted octanol–water partition coefficient (Wildman–Crippen LogP) is 1.30. The molecule has 2 aliphatic rings. The zero-order valence-electron chi connectivity index (χ0n) is 12.0. The van der Waals surface area contributed by atoms with Gasteiger partial charge >= 0.3 is 5.97 Å². The average molecular weight is 334 g/mol. The fourth-order valence-corrected chi connectivity index (χ4v) is 4.88. The lowest BCUT2D eigenvalue weighted by atomic mass is 9.82. The van der Waals surface area contributed by atoms with Gasteiger partial charge in [-0.3, -0.25) is 9.00 Å². The van der Waals surface area contributed by atoms with Gasteiger partial charge in [0.2, 0.25) is 5.91 Å². The lowest BCUT2D eigenvalue weighted by molar-refractivity contribution is -0.167. The zero-order valence-corrected chi connectivity index (χ0v) is 12.8. The van der Waals surface area contributed by atoms with Gasteiger partial charge in [-0.05, 0) is 30.5 Å². The van der Waals surface area contributed by atoms with E-state index in [4.69, 9.17) is 5.53 Å². The molecule has 0 aliphatic carbocycles. The van der Waals surface area contributed by atoms with Crippen LogP contribution in [0, 0.1) is 0 Å². The van der Waals surface area contributed by atoms with Crippen LogP contribution in [0.25, 0.3) is 10.4 Å². The molecular formula is C14H14N4O4S. The Labute approximate surface area is 134 Å². The molecule has 2 fully saturated rings. The lowest BCUT2D eigenvalue weighted by Crippen LogP contribution is -2.73. The quantitative estimate of drug-likeness (QED) is 0.386. The zero-order chi connectivity index (χ0) is 16.6. The molecular weight excluding hydrogens is 320 g/mol. The number of piperidine rings is 1. The minimum Gasteiger partial charge on any atom is -0.480 e. The van der Waals surface area contributed by atoms with Crippen molar-refractivity contribution in [2.45, 2.75) is 41.1 Å². The number of benzene rings is 1. The number of aliphatic carboxylic acids is 1. The number of carboxylic acids is 1. The third kappa shape index (κ3) is 2.47. The Morgan fingerprint density at radius 1 is 1.35 bits per heavy atom. The molecule has 2 saturated heterocycles. The summed E-state index contributed by atoms with van der Waals surface area (Å²) in [5.74, 6) is -1.69. The van der Waals surface area contributed by atoms with Gasteiger partial charge in [0.15, 0.2) is 0 Å². The molecule has 9 heteroatoms. The number of hydrogen-bond donors (Lipinski definition) is 1. The van der Waals surface area contributed by atoms with E-state index in [9.17, 15) is 18.9 Å². The molecule has 120 valence electrons. The topological polar surface area (TPSA) is 123 Å². The molecule has 1 aromatic carbocycles. The maximum atomic E-state index is 12.7. The van der Waals surface area contributed by atoms with E-state index >= 15 is 0 Å². The van der Waals surface area contributed by atoms with Crippen molar-refractivity contribution >= 4 is 22.7 Å². The van der Waals surface area contributed by atoms with Gasteiger partial charge in [-0.2, -0.15) is 0 Å². The molecule has 2 heterocycles. The molecule has 0 bridgehead atoms. The van der Waals surface area contributed by atoms with Crippen molar-refractivity contribution in [3.63, 3.8) is 0 Å². The molecule has 5 unspecified atom stereocenters. The molecule has 1 N–H and O–H groups in total. The van der Waals surface area contributed by atoms with E-state index in [1.807, 2.05) is 0 Å². The highest BCUT2D eigenvalue weighted by atomic mass is 32.2. The second kappa shape index (κ2) is 6.02. The molecule has 3 rings (SSSR count). The SMILES string of the molecule is [N-]=[N+]=NC1C(=O)N2C1CCC(S(=O)c1ccccc1)C2C(=O)O. The van der Waals surface area contributed by atoms with Crippen LogP contribution in [0.2, 0.25) is 0 Å². The number of fused-ring (bicyclic) bond motifs is 1. The first-order chi connectivity index (χ1) is 11.1. The fraction of sp³-hybridized carbons (Fsp3) is 0.429. The number of rotatable bonds is 4. The van der Waals surface area contributed by atoms with Crippen molar-refractivity contribution in [1.82, 2.24) is 4.90 Å². The number of hydrogen-bond acceptors (Lipinski definition) is 4. The lowest BCUT2D eigenvalue weighted by Gasteiger charge is -2.53. The number of amides is 1. The van der Waals surface area contributed by atoms with Crippen LogP contribution in [-0.2, 0) is 20.4 Å². The van der Waals surface area contributed by atoms with E-state index in [0.717, 1.165) is 0 Å². The minimum atomic E-state index is -1.53. The van der Waals surface area contributed by atoms with Crippen molar-refractivity contribution < 1.29 is 18.9 Å². The molecule has 1 aromatic rings. The summed E-state index contributed by atoms with van der Waals surface area (Å²) in [6.45, 7) is 0. The van der Waals surface area contributed by atoms with E-state index in [1.54, 1.807) is 30.3 Å². The predicted molar refractivity (Wildman–Crippen MR) is 80.9 cm³/mol. The molecule has 2 aliphatic heterocycles. The van der Waals surface area contributed by atoms with Gasteiger partial charge in [-0.1, -0.05) is 23.3 Å². The second-order valence-corrected chi connectivity index (χ2v) is 7.14. The molecule has 0 spiro atoms. The third-order valence-electron chi connectivity index (χ3n) is 4.31. The Morgan fingerprint density at radius 3 is 2.65 bits per heavy atom. The summed E-state index contributed by atoms with van der Waals surface area (Å²) in [7, 11) is -1.53. The van der Waals surface area contributed by atoms with Gasteiger partial charge < -0.3 is 10.0 Å². The van der Waals surface area contributed by atoms with Crippen LogP contribution in [0.1, 0.15) is 12.8 Å². The Morgan fingerprint density at radius 2 is 2.04 bits per heavy atom. The summed E-state index contributed by atoms with van der Waals surface area (Å²) >= 11 is 0. The normalized spacial score (nSPS) is 30.6. The standard InChI is InChI=1S/C14H14N4O4S/c15-17-16-11-9-6-7-10(12(14(20)21)18(9)13(11)19)23(22)8-4-2-1-3-5-8/h1-5,9-12H,6-7H2,(H,20,21). The molecule has 1 amide bonds. The maximum absolute atomic E-state index is 12.7. The Hall–Kier alpha value is -2.38. The average Bonchev–Trinajstić information content (AvgIpc) is 2.58. The summed E-state index contributed by atoms with van der Waals surface area (Å²) < 4.78 is 12.7. The minimum absolute atomic E-state index is 0.393. The highest BCUT2D eigenvalue weighted by Crippen LogP contribution is 2.38. The fourth-order valence-electron chi connectivity index (χ4n) is 3.28. The Balaban J connectivity index is 1.89. The summed E-state index contributed by atoms with van der Waals surface area (Å²) in [6, 6.07) is 6.21. The first kappa shape index (κ1) is 15.5. The first-order valence-electron chi connectivity index (χ1n) is 7.11. The molecule has 0 radical (unpaired) electrons. The van der Waals surface area contributed by atoms with Crippen LogP contribution in [0.5, 0.6) is 0 Å². The van der Waals surface area contributed by atoms with E-state index in [1.165, 1.54) is 4.90 Å². The van der Waals surface area contributed by atoms with Crippen LogP contribution in [0.15, 0.2) is 40.3 Å². The van der Waals surface area contributed by atoms with Gasteiger partial charge in [-0.25, -0.2) is 4.79 Å². The van der Waals surface area contributed by atoms with Gasteiger partial charge in [0, 0.05) is 9.81 Å². The number of azide groups is 1. The molecule has 23 heavy (non-hydrogen) atoms. The van der Waals surface area contributed by atoms with Crippen molar-refractivity contribution in [3.8, 4) is 0 Å². The third-order valence-corrected chi connectivity index (χ3v) is 6.09. The molecule has 8 nitrogen and oxygen atoms in total. The molecule has 0 saturated carbocycles. The van der Waals surface area contributed by atoms with E-state index in [2.05, 4.69) is 10.0 Å². The highest BCUT2D eigenvalue weighted by Gasteiger charge is 2.57. The second-order valence-electron chi connectivity index (χ2n) is 5.47. The molecule has 5 atom stereocenters. The van der Waals surface area contributed by atoms with Crippen molar-refractivity contribution in [3.05, 3.63) is 40.8 Å². The van der Waals surface area contributed by atoms with Crippen LogP contribution >= 0.6 is 0 Å². The summed E-state index contributed by atoms with van der Waals surface area (Å²) in [4.78, 5) is 28.2. The van der Waals surface area contributed by atoms with E-state index in [0.29, 0.717) is 17.7 Å². The van der Waals surface area contributed by atoms with E-state index in [-0.39, 0.29) is 0 Å². The number of carboxylic acid groups (broad SMARTS) is 1. The van der Waals surface area contributed by atoms with Crippen molar-refractivity contribution in [1.29, 1.82) is 0 Å². The van der Waals surface area contributed by atoms with E-state index < -0.39 is 46.1 Å². The Bertz CT molecular complexity index is 719. The smallest absolute Gasteiger partial charge is 0.327 e. The number of nitrogens with zero attached hydrogens (tertiary/aromatic N) is 4. The monoisotopic (exact) mass is 334 g/mol. The van der Waals surface area contributed by atoms with Crippen LogP contribution in [0.3, 0.4) is 0 Å². The van der Waals surface area contributed by atoms with Crippen LogP contribution in [-0.4, -0.2) is 49.5 Å². The highest BCUT2D eigenvalue weighted by molar-refractivity contribution is 7.85. The van der Waals surface area contributed by atoms with Crippen molar-refractivity contribution in [2.75, 3.05) is 0 Å². The largest absolute Gasteiger partial charge is 0.480 e. The van der Waals surface area contributed by atoms with Gasteiger partial charge in [0.05, 0.1) is 22.1 Å². The maximum Gasteiger partial charge on any atom is 0.327 e. The van der Waals surface area contributed by atoms with Gasteiger partial charge in [0.25, 0.3) is 0 Å². The van der Waals surface area contributed by atoms with Gasteiger partial charge in [0.1, 0.15) is 12.1 Å². The summed E-state index contributed by atoms with van der Waals surface area (Å²) in [5.41, 5.74) is 8.50. The summed E-state index contributed by atoms with van der Waals surface area (Å²) in [5, 5.41) is 12.3. The number of β-lactam (4-membered cyclic amide) rings is 1.